The van der Waals surface area contributed by atoms with Crippen molar-refractivity contribution < 1.29 is 9.59 Å². The number of rotatable bonds is 4. The second-order valence-corrected chi connectivity index (χ2v) is 7.66. The van der Waals surface area contributed by atoms with Gasteiger partial charge in [0.05, 0.1) is 12.5 Å². The number of hydrogen-bond donors (Lipinski definition) is 1. The van der Waals surface area contributed by atoms with E-state index in [1.807, 2.05) is 48.2 Å². The first-order chi connectivity index (χ1) is 12.5. The first-order valence-electron chi connectivity index (χ1n) is 8.87. The summed E-state index contributed by atoms with van der Waals surface area (Å²) in [5.41, 5.74) is 4.27. The number of benzene rings is 2. The highest BCUT2D eigenvalue weighted by molar-refractivity contribution is 9.10. The number of aryl methyl sites for hydroxylation is 2. The molecule has 136 valence electrons. The zero-order valence-corrected chi connectivity index (χ0v) is 16.7. The van der Waals surface area contributed by atoms with E-state index in [1.54, 1.807) is 0 Å². The lowest BCUT2D eigenvalue weighted by molar-refractivity contribution is -0.121. The maximum atomic E-state index is 13.1. The number of carbonyl (C=O) groups is 2. The van der Waals surface area contributed by atoms with Crippen LogP contribution in [0.2, 0.25) is 0 Å². The summed E-state index contributed by atoms with van der Waals surface area (Å²) >= 11 is 3.55. The molecular weight excluding hydrogens is 392 g/mol. The minimum atomic E-state index is -0.317. The van der Waals surface area contributed by atoms with Crippen LogP contribution in [0.3, 0.4) is 0 Å². The third-order valence-corrected chi connectivity index (χ3v) is 5.16. The Morgan fingerprint density at radius 1 is 1.23 bits per heavy atom. The number of nitrogens with one attached hydrogen (secondary N) is 1. The van der Waals surface area contributed by atoms with E-state index in [-0.39, 0.29) is 24.3 Å². The molecule has 0 saturated carbocycles. The predicted octanol–water partition coefficient (Wildman–Crippen LogP) is 4.30. The van der Waals surface area contributed by atoms with Crippen LogP contribution >= 0.6 is 15.9 Å². The Kier molecular flexibility index (Phi) is 5.77. The van der Waals surface area contributed by atoms with Crippen molar-refractivity contribution >= 4 is 33.4 Å². The molecule has 0 fully saturated rings. The van der Waals surface area contributed by atoms with Gasteiger partial charge in [0.25, 0.3) is 0 Å². The van der Waals surface area contributed by atoms with Crippen molar-refractivity contribution in [1.82, 2.24) is 5.32 Å². The third kappa shape index (κ3) is 4.15. The maximum Gasteiger partial charge on any atom is 0.229 e. The number of nitrogens with zero attached hydrogens (tertiary/aromatic N) is 1. The van der Waals surface area contributed by atoms with E-state index >= 15 is 0 Å². The van der Waals surface area contributed by atoms with Crippen LogP contribution in [0.4, 0.5) is 5.69 Å². The van der Waals surface area contributed by atoms with E-state index in [4.69, 9.17) is 0 Å². The first-order valence-corrected chi connectivity index (χ1v) is 9.66. The lowest BCUT2D eigenvalue weighted by Crippen LogP contribution is -2.39. The molecule has 1 atom stereocenters. The molecule has 5 heteroatoms. The van der Waals surface area contributed by atoms with Crippen LogP contribution in [0.15, 0.2) is 46.9 Å². The van der Waals surface area contributed by atoms with Gasteiger partial charge in [0.15, 0.2) is 0 Å². The van der Waals surface area contributed by atoms with Crippen LogP contribution in [0.1, 0.15) is 42.5 Å². The zero-order chi connectivity index (χ0) is 18.7. The Hall–Kier alpha value is -2.14. The topological polar surface area (TPSA) is 49.4 Å². The summed E-state index contributed by atoms with van der Waals surface area (Å²) in [4.78, 5) is 26.6. The van der Waals surface area contributed by atoms with Gasteiger partial charge < -0.3 is 10.2 Å². The highest BCUT2D eigenvalue weighted by atomic mass is 79.9. The van der Waals surface area contributed by atoms with Gasteiger partial charge in [-0.05, 0) is 48.6 Å². The molecule has 0 aromatic heterocycles. The minimum Gasteiger partial charge on any atom is -0.349 e. The molecule has 26 heavy (non-hydrogen) atoms. The monoisotopic (exact) mass is 414 g/mol. The first kappa shape index (κ1) is 18.6. The number of amides is 2. The molecule has 0 radical (unpaired) electrons. The Bertz CT molecular complexity index is 820. The quantitative estimate of drug-likeness (QED) is 0.810. The molecular formula is C21H23BrN2O2. The fraction of sp³-hybridized carbons (Fsp3) is 0.333. The Labute approximate surface area is 162 Å². The molecule has 1 heterocycles. The van der Waals surface area contributed by atoms with Crippen molar-refractivity contribution in [3.63, 3.8) is 0 Å². The molecule has 1 aliphatic heterocycles. The summed E-state index contributed by atoms with van der Waals surface area (Å²) in [7, 11) is 0. The molecule has 1 aliphatic rings. The smallest absolute Gasteiger partial charge is 0.229 e. The lowest BCUT2D eigenvalue weighted by atomic mass is 9.96. The van der Waals surface area contributed by atoms with Crippen molar-refractivity contribution in [1.29, 1.82) is 0 Å². The number of carbonyl (C=O) groups excluding carboxylic acids is 2. The van der Waals surface area contributed by atoms with E-state index in [0.717, 1.165) is 40.7 Å². The molecule has 4 nitrogen and oxygen atoms in total. The summed E-state index contributed by atoms with van der Waals surface area (Å²) < 4.78 is 1.04. The van der Waals surface area contributed by atoms with E-state index < -0.39 is 0 Å². The van der Waals surface area contributed by atoms with Gasteiger partial charge in [-0.1, -0.05) is 46.3 Å². The van der Waals surface area contributed by atoms with E-state index in [1.165, 1.54) is 12.5 Å². The number of hydrogen-bond acceptors (Lipinski definition) is 2. The lowest BCUT2D eigenvalue weighted by Gasteiger charge is -2.32. The molecule has 0 aliphatic carbocycles. The van der Waals surface area contributed by atoms with Gasteiger partial charge in [0.2, 0.25) is 11.8 Å². The zero-order valence-electron chi connectivity index (χ0n) is 15.1. The predicted molar refractivity (Wildman–Crippen MR) is 107 cm³/mol. The summed E-state index contributed by atoms with van der Waals surface area (Å²) in [5.74, 6) is -0.0928. The fourth-order valence-electron chi connectivity index (χ4n) is 3.64. The van der Waals surface area contributed by atoms with Gasteiger partial charge in [-0.3, -0.25) is 9.59 Å². The minimum absolute atomic E-state index is 0.0407. The Morgan fingerprint density at radius 2 is 1.96 bits per heavy atom. The van der Waals surface area contributed by atoms with Crippen LogP contribution < -0.4 is 10.2 Å². The van der Waals surface area contributed by atoms with Gasteiger partial charge in [0, 0.05) is 23.6 Å². The van der Waals surface area contributed by atoms with Crippen LogP contribution in [0.5, 0.6) is 0 Å². The van der Waals surface area contributed by atoms with E-state index in [2.05, 4.69) is 27.3 Å². The van der Waals surface area contributed by atoms with Gasteiger partial charge in [-0.25, -0.2) is 0 Å². The van der Waals surface area contributed by atoms with Gasteiger partial charge in [0.1, 0.15) is 0 Å². The highest BCUT2D eigenvalue weighted by Gasteiger charge is 2.27. The van der Waals surface area contributed by atoms with Crippen LogP contribution in [-0.4, -0.2) is 18.4 Å². The number of fused-ring (bicyclic) bond motifs is 1. The van der Waals surface area contributed by atoms with Crippen molar-refractivity contribution in [3.05, 3.63) is 63.6 Å². The van der Waals surface area contributed by atoms with Gasteiger partial charge in [-0.2, -0.15) is 0 Å². The molecule has 2 aromatic carbocycles. The summed E-state index contributed by atoms with van der Waals surface area (Å²) in [6, 6.07) is 13.5. The van der Waals surface area contributed by atoms with Crippen molar-refractivity contribution in [2.24, 2.45) is 0 Å². The second kappa shape index (κ2) is 8.04. The third-order valence-electron chi connectivity index (χ3n) is 4.70. The van der Waals surface area contributed by atoms with Crippen LogP contribution in [-0.2, 0) is 16.0 Å². The molecule has 3 rings (SSSR count). The largest absolute Gasteiger partial charge is 0.349 e. The molecule has 1 unspecified atom stereocenters. The van der Waals surface area contributed by atoms with Crippen molar-refractivity contribution in [2.75, 3.05) is 11.4 Å². The fourth-order valence-corrected chi connectivity index (χ4v) is 4.26. The normalized spacial score (nSPS) is 14.5. The van der Waals surface area contributed by atoms with Gasteiger partial charge in [-0.15, -0.1) is 0 Å². The standard InChI is InChI=1S/C21H23BrN2O2/c1-14-11-18(22)12-17-9-6-10-24(21(14)17)20(26)13-19(23-15(2)25)16-7-4-3-5-8-16/h3-5,7-8,11-12,19H,6,9-10,13H2,1-2H3,(H,23,25). The van der Waals surface area contributed by atoms with Crippen molar-refractivity contribution in [3.8, 4) is 0 Å². The average Bonchev–Trinajstić information content (AvgIpc) is 2.60. The van der Waals surface area contributed by atoms with E-state index in [0.29, 0.717) is 0 Å². The number of halogens is 1. The van der Waals surface area contributed by atoms with E-state index in [9.17, 15) is 9.59 Å². The molecule has 0 spiro atoms. The Balaban J connectivity index is 1.86. The number of anilines is 1. The molecule has 2 aromatic rings. The highest BCUT2D eigenvalue weighted by Crippen LogP contribution is 2.34. The summed E-state index contributed by atoms with van der Waals surface area (Å²) in [6.07, 6.45) is 2.18. The molecule has 0 saturated heterocycles. The average molecular weight is 415 g/mol. The summed E-state index contributed by atoms with van der Waals surface area (Å²) in [5, 5.41) is 2.92. The maximum absolute atomic E-state index is 13.1. The summed E-state index contributed by atoms with van der Waals surface area (Å²) in [6.45, 7) is 4.24. The second-order valence-electron chi connectivity index (χ2n) is 6.75. The van der Waals surface area contributed by atoms with Crippen LogP contribution in [0.25, 0.3) is 0 Å². The molecule has 1 N–H and O–H groups in total. The SMILES string of the molecule is CC(=O)NC(CC(=O)N1CCCc2cc(Br)cc(C)c21)c1ccccc1. The van der Waals surface area contributed by atoms with Gasteiger partial charge >= 0.3 is 0 Å². The molecule has 0 bridgehead atoms. The van der Waals surface area contributed by atoms with Crippen molar-refractivity contribution in [2.45, 2.75) is 39.2 Å². The Morgan fingerprint density at radius 3 is 2.65 bits per heavy atom. The van der Waals surface area contributed by atoms with Crippen LogP contribution in [0, 0.1) is 6.92 Å². The molecule has 2 amide bonds.